The van der Waals surface area contributed by atoms with E-state index in [1.54, 1.807) is 0 Å². The van der Waals surface area contributed by atoms with Crippen molar-refractivity contribution in [2.24, 2.45) is 0 Å². The topological polar surface area (TPSA) is 46.4 Å². The van der Waals surface area contributed by atoms with Crippen LogP contribution in [0.25, 0.3) is 5.65 Å². The molecule has 2 heterocycles. The maximum absolute atomic E-state index is 13.0. The maximum Gasteiger partial charge on any atom is 0.274 e. The second-order valence-electron chi connectivity index (χ2n) is 6.31. The third kappa shape index (κ3) is 2.92. The Morgan fingerprint density at radius 3 is 2.54 bits per heavy atom. The van der Waals surface area contributed by atoms with Gasteiger partial charge in [-0.05, 0) is 50.5 Å². The van der Waals surface area contributed by atoms with Crippen molar-refractivity contribution < 1.29 is 4.79 Å². The zero-order chi connectivity index (χ0) is 17.3. The van der Waals surface area contributed by atoms with Crippen LogP contribution in [0.4, 0.5) is 5.69 Å². The highest BCUT2D eigenvalue weighted by Crippen LogP contribution is 2.24. The average molecular weight is 321 g/mol. The van der Waals surface area contributed by atoms with Gasteiger partial charge in [0.25, 0.3) is 5.91 Å². The lowest BCUT2D eigenvalue weighted by atomic mass is 10.0. The minimum absolute atomic E-state index is 0.104. The van der Waals surface area contributed by atoms with Gasteiger partial charge in [0.05, 0.1) is 5.69 Å². The summed E-state index contributed by atoms with van der Waals surface area (Å²) in [4.78, 5) is 17.6. The van der Waals surface area contributed by atoms with Crippen molar-refractivity contribution in [1.82, 2.24) is 9.38 Å². The van der Waals surface area contributed by atoms with E-state index in [1.807, 2.05) is 42.6 Å². The van der Waals surface area contributed by atoms with Crippen molar-refractivity contribution in [2.45, 2.75) is 40.5 Å². The van der Waals surface area contributed by atoms with Crippen molar-refractivity contribution in [3.8, 4) is 0 Å². The van der Waals surface area contributed by atoms with Crippen molar-refractivity contribution in [1.29, 1.82) is 0 Å². The van der Waals surface area contributed by atoms with Gasteiger partial charge in [-0.1, -0.05) is 37.1 Å². The number of amides is 1. The zero-order valence-corrected chi connectivity index (χ0v) is 14.7. The molecule has 0 radical (unpaired) electrons. The Labute approximate surface area is 142 Å². The molecule has 0 unspecified atom stereocenters. The molecular weight excluding hydrogens is 298 g/mol. The molecule has 0 aliphatic heterocycles. The summed E-state index contributed by atoms with van der Waals surface area (Å²) in [5.41, 5.74) is 6.53. The summed E-state index contributed by atoms with van der Waals surface area (Å²) in [6, 6.07) is 9.96. The van der Waals surface area contributed by atoms with Crippen LogP contribution in [0.15, 0.2) is 36.5 Å². The molecule has 0 saturated heterocycles. The lowest BCUT2D eigenvalue weighted by molar-refractivity contribution is 0.102. The molecule has 3 aromatic rings. The summed E-state index contributed by atoms with van der Waals surface area (Å²) in [5.74, 6) is -0.104. The van der Waals surface area contributed by atoms with E-state index in [9.17, 15) is 4.79 Å². The molecule has 24 heavy (non-hydrogen) atoms. The second kappa shape index (κ2) is 6.48. The third-order valence-electron chi connectivity index (χ3n) is 4.22. The second-order valence-corrected chi connectivity index (χ2v) is 6.31. The van der Waals surface area contributed by atoms with Gasteiger partial charge in [-0.15, -0.1) is 0 Å². The molecule has 0 spiro atoms. The normalized spacial score (nSPS) is 11.0. The summed E-state index contributed by atoms with van der Waals surface area (Å²) < 4.78 is 1.87. The van der Waals surface area contributed by atoms with E-state index in [4.69, 9.17) is 0 Å². The number of anilines is 1. The lowest BCUT2D eigenvalue weighted by Crippen LogP contribution is -2.18. The van der Waals surface area contributed by atoms with E-state index in [2.05, 4.69) is 36.3 Å². The Hall–Kier alpha value is -2.62. The first-order valence-corrected chi connectivity index (χ1v) is 8.36. The summed E-state index contributed by atoms with van der Waals surface area (Å²) >= 11 is 0. The van der Waals surface area contributed by atoms with Gasteiger partial charge in [0, 0.05) is 11.9 Å². The number of hydrogen-bond acceptors (Lipinski definition) is 2. The van der Waals surface area contributed by atoms with Crippen LogP contribution in [0.1, 0.15) is 46.2 Å². The first-order chi connectivity index (χ1) is 11.5. The van der Waals surface area contributed by atoms with Crippen LogP contribution in [0.5, 0.6) is 0 Å². The van der Waals surface area contributed by atoms with Crippen LogP contribution in [0, 0.1) is 20.8 Å². The fourth-order valence-corrected chi connectivity index (χ4v) is 3.25. The lowest BCUT2D eigenvalue weighted by Gasteiger charge is -2.13. The number of carbonyl (C=O) groups is 1. The molecule has 4 heteroatoms. The molecule has 1 N–H and O–H groups in total. The molecule has 0 fully saturated rings. The van der Waals surface area contributed by atoms with Gasteiger partial charge in [0.2, 0.25) is 0 Å². The number of aryl methyl sites for hydroxylation is 4. The van der Waals surface area contributed by atoms with Crippen molar-refractivity contribution in [3.63, 3.8) is 0 Å². The number of benzene rings is 1. The van der Waals surface area contributed by atoms with Crippen LogP contribution in [0.3, 0.4) is 0 Å². The first kappa shape index (κ1) is 16.2. The smallest absolute Gasteiger partial charge is 0.274 e. The average Bonchev–Trinajstić information content (AvgIpc) is 2.89. The number of fused-ring (bicyclic) bond motifs is 1. The van der Waals surface area contributed by atoms with Crippen LogP contribution in [0.2, 0.25) is 0 Å². The molecule has 124 valence electrons. The zero-order valence-electron chi connectivity index (χ0n) is 14.7. The predicted octanol–water partition coefficient (Wildman–Crippen LogP) is 4.46. The molecule has 0 saturated carbocycles. The molecule has 3 rings (SSSR count). The standard InChI is InChI=1S/C20H23N3O/c1-5-8-16-19(23-10-7-6-9-17(23)21-16)20(24)22-18-14(3)11-13(2)12-15(18)4/h6-7,9-12H,5,8H2,1-4H3,(H,22,24). The maximum atomic E-state index is 13.0. The fourth-order valence-electron chi connectivity index (χ4n) is 3.25. The highest BCUT2D eigenvalue weighted by molar-refractivity contribution is 6.05. The van der Waals surface area contributed by atoms with E-state index in [-0.39, 0.29) is 5.91 Å². The SMILES string of the molecule is CCCc1nc2ccccn2c1C(=O)Nc1c(C)cc(C)cc1C. The molecular formula is C20H23N3O. The fraction of sp³-hybridized carbons (Fsp3) is 0.300. The molecule has 0 atom stereocenters. The van der Waals surface area contributed by atoms with E-state index < -0.39 is 0 Å². The quantitative estimate of drug-likeness (QED) is 0.771. The van der Waals surface area contributed by atoms with Gasteiger partial charge in [-0.25, -0.2) is 4.98 Å². The van der Waals surface area contributed by atoms with Gasteiger partial charge in [0.15, 0.2) is 0 Å². The Morgan fingerprint density at radius 2 is 1.88 bits per heavy atom. The molecule has 2 aromatic heterocycles. The Balaban J connectivity index is 2.04. The molecule has 1 aromatic carbocycles. The first-order valence-electron chi connectivity index (χ1n) is 8.36. The van der Waals surface area contributed by atoms with Gasteiger partial charge in [-0.3, -0.25) is 9.20 Å². The summed E-state index contributed by atoms with van der Waals surface area (Å²) in [6.45, 7) is 8.21. The number of nitrogens with one attached hydrogen (secondary N) is 1. The summed E-state index contributed by atoms with van der Waals surface area (Å²) in [5, 5.41) is 3.10. The number of rotatable bonds is 4. The van der Waals surface area contributed by atoms with Crippen molar-refractivity contribution in [2.75, 3.05) is 5.32 Å². The monoisotopic (exact) mass is 321 g/mol. The largest absolute Gasteiger partial charge is 0.320 e. The van der Waals surface area contributed by atoms with Crippen molar-refractivity contribution >= 4 is 17.2 Å². The van der Waals surface area contributed by atoms with Crippen LogP contribution in [-0.4, -0.2) is 15.3 Å². The van der Waals surface area contributed by atoms with Gasteiger partial charge in [-0.2, -0.15) is 0 Å². The number of nitrogens with zero attached hydrogens (tertiary/aromatic N) is 2. The number of hydrogen-bond donors (Lipinski definition) is 1. The minimum atomic E-state index is -0.104. The van der Waals surface area contributed by atoms with Crippen LogP contribution < -0.4 is 5.32 Å². The van der Waals surface area contributed by atoms with Crippen LogP contribution >= 0.6 is 0 Å². The van der Waals surface area contributed by atoms with Gasteiger partial charge >= 0.3 is 0 Å². The highest BCUT2D eigenvalue weighted by atomic mass is 16.2. The molecule has 0 aliphatic carbocycles. The Kier molecular flexibility index (Phi) is 4.38. The molecule has 4 nitrogen and oxygen atoms in total. The number of pyridine rings is 1. The molecule has 0 bridgehead atoms. The third-order valence-corrected chi connectivity index (χ3v) is 4.22. The number of carbonyl (C=O) groups excluding carboxylic acids is 1. The van der Waals surface area contributed by atoms with Gasteiger partial charge in [0.1, 0.15) is 11.3 Å². The van der Waals surface area contributed by atoms with E-state index in [0.29, 0.717) is 5.69 Å². The molecule has 1 amide bonds. The Morgan fingerprint density at radius 1 is 1.17 bits per heavy atom. The van der Waals surface area contributed by atoms with E-state index >= 15 is 0 Å². The van der Waals surface area contributed by atoms with Crippen molar-refractivity contribution in [3.05, 3.63) is 64.6 Å². The summed E-state index contributed by atoms with van der Waals surface area (Å²) in [7, 11) is 0. The number of imidazole rings is 1. The van der Waals surface area contributed by atoms with E-state index in [0.717, 1.165) is 41.0 Å². The number of aromatic nitrogens is 2. The summed E-state index contributed by atoms with van der Waals surface area (Å²) in [6.07, 6.45) is 3.63. The Bertz CT molecular complexity index is 885. The minimum Gasteiger partial charge on any atom is -0.320 e. The molecule has 0 aliphatic rings. The van der Waals surface area contributed by atoms with E-state index in [1.165, 1.54) is 5.56 Å². The predicted molar refractivity (Wildman–Crippen MR) is 97.8 cm³/mol. The van der Waals surface area contributed by atoms with Gasteiger partial charge < -0.3 is 5.32 Å². The highest BCUT2D eigenvalue weighted by Gasteiger charge is 2.19. The van der Waals surface area contributed by atoms with Crippen LogP contribution in [-0.2, 0) is 6.42 Å².